The van der Waals surface area contributed by atoms with Crippen molar-refractivity contribution in [3.8, 4) is 17.0 Å². The molecule has 7 heteroatoms. The third kappa shape index (κ3) is 4.74. The van der Waals surface area contributed by atoms with Crippen molar-refractivity contribution in [2.24, 2.45) is 0 Å². The van der Waals surface area contributed by atoms with Crippen molar-refractivity contribution in [1.29, 1.82) is 0 Å². The van der Waals surface area contributed by atoms with Gasteiger partial charge in [-0.3, -0.25) is 4.90 Å². The van der Waals surface area contributed by atoms with Gasteiger partial charge < -0.3 is 15.0 Å². The molecule has 1 fully saturated rings. The van der Waals surface area contributed by atoms with Crippen LogP contribution in [0.15, 0.2) is 29.6 Å². The number of nitrogens with one attached hydrogen (secondary N) is 1. The lowest BCUT2D eigenvalue weighted by Gasteiger charge is -2.34. The third-order valence-electron chi connectivity index (χ3n) is 4.37. The highest BCUT2D eigenvalue weighted by Crippen LogP contribution is 2.25. The van der Waals surface area contributed by atoms with Crippen LogP contribution < -0.4 is 10.1 Å². The molecule has 0 spiro atoms. The number of carbonyl (C=O) groups excluding carboxylic acids is 1. The Morgan fingerprint density at radius 2 is 1.92 bits per heavy atom. The molecule has 1 saturated heterocycles. The maximum atomic E-state index is 12.1. The second-order valence-electron chi connectivity index (χ2n) is 6.72. The van der Waals surface area contributed by atoms with E-state index in [1.165, 1.54) is 0 Å². The molecule has 0 bridgehead atoms. The smallest absolute Gasteiger partial charge is 0.317 e. The molecule has 1 aromatic heterocycles. The molecule has 0 atom stereocenters. The van der Waals surface area contributed by atoms with Crippen LogP contribution in [-0.2, 0) is 6.54 Å². The zero-order valence-electron chi connectivity index (χ0n) is 15.6. The monoisotopic (exact) mass is 374 g/mol. The van der Waals surface area contributed by atoms with E-state index in [0.717, 1.165) is 54.7 Å². The van der Waals surface area contributed by atoms with E-state index in [1.807, 2.05) is 43.0 Å². The summed E-state index contributed by atoms with van der Waals surface area (Å²) in [6.45, 7) is 8.07. The van der Waals surface area contributed by atoms with Gasteiger partial charge in [0.25, 0.3) is 0 Å². The number of aromatic nitrogens is 1. The minimum absolute atomic E-state index is 0.0377. The highest BCUT2D eigenvalue weighted by molar-refractivity contribution is 7.09. The molecular weight excluding hydrogens is 348 g/mol. The van der Waals surface area contributed by atoms with E-state index in [4.69, 9.17) is 9.72 Å². The molecule has 6 nitrogen and oxygen atoms in total. The van der Waals surface area contributed by atoms with Gasteiger partial charge >= 0.3 is 6.03 Å². The number of carbonyl (C=O) groups is 1. The maximum Gasteiger partial charge on any atom is 0.317 e. The van der Waals surface area contributed by atoms with Crippen LogP contribution in [0, 0.1) is 0 Å². The Bertz CT molecular complexity index is 721. The van der Waals surface area contributed by atoms with Gasteiger partial charge in [0, 0.05) is 43.2 Å². The first-order valence-corrected chi connectivity index (χ1v) is 9.79. The second-order valence-corrected chi connectivity index (χ2v) is 7.67. The number of amides is 2. The molecule has 2 heterocycles. The Labute approximate surface area is 158 Å². The fourth-order valence-corrected chi connectivity index (χ4v) is 3.76. The highest BCUT2D eigenvalue weighted by Gasteiger charge is 2.22. The third-order valence-corrected chi connectivity index (χ3v) is 5.20. The zero-order chi connectivity index (χ0) is 18.5. The van der Waals surface area contributed by atoms with Crippen LogP contribution in [-0.4, -0.2) is 60.1 Å². The van der Waals surface area contributed by atoms with E-state index in [9.17, 15) is 4.79 Å². The minimum Gasteiger partial charge on any atom is -0.497 e. The predicted octanol–water partition coefficient (Wildman–Crippen LogP) is 3.05. The topological polar surface area (TPSA) is 57.7 Å². The summed E-state index contributed by atoms with van der Waals surface area (Å²) in [6, 6.07) is 8.18. The van der Waals surface area contributed by atoms with Gasteiger partial charge in [-0.05, 0) is 38.1 Å². The number of methoxy groups -OCH3 is 1. The first-order valence-electron chi connectivity index (χ1n) is 8.92. The molecule has 2 aromatic rings. The van der Waals surface area contributed by atoms with E-state index in [-0.39, 0.29) is 12.1 Å². The summed E-state index contributed by atoms with van der Waals surface area (Å²) in [5.41, 5.74) is 2.10. The summed E-state index contributed by atoms with van der Waals surface area (Å²) in [7, 11) is 1.67. The molecule has 140 valence electrons. The maximum absolute atomic E-state index is 12.1. The van der Waals surface area contributed by atoms with Crippen LogP contribution in [0.25, 0.3) is 11.3 Å². The van der Waals surface area contributed by atoms with Gasteiger partial charge in [-0.25, -0.2) is 9.78 Å². The molecule has 1 aliphatic rings. The van der Waals surface area contributed by atoms with E-state index in [0.29, 0.717) is 0 Å². The quantitative estimate of drug-likeness (QED) is 0.874. The molecule has 3 rings (SSSR count). The lowest BCUT2D eigenvalue weighted by molar-refractivity contribution is 0.134. The Kier molecular flexibility index (Phi) is 6.11. The predicted molar refractivity (Wildman–Crippen MR) is 105 cm³/mol. The minimum atomic E-state index is 0.0377. The fraction of sp³-hybridized carbons (Fsp3) is 0.474. The van der Waals surface area contributed by atoms with Crippen molar-refractivity contribution >= 4 is 17.4 Å². The van der Waals surface area contributed by atoms with Crippen LogP contribution in [0.2, 0.25) is 0 Å². The van der Waals surface area contributed by atoms with Crippen LogP contribution in [0.1, 0.15) is 18.9 Å². The van der Waals surface area contributed by atoms with Gasteiger partial charge in [0.15, 0.2) is 0 Å². The van der Waals surface area contributed by atoms with Gasteiger partial charge in [-0.2, -0.15) is 0 Å². The molecule has 1 aromatic carbocycles. The van der Waals surface area contributed by atoms with Crippen LogP contribution in [0.3, 0.4) is 0 Å². The van der Waals surface area contributed by atoms with Gasteiger partial charge in [-0.1, -0.05) is 0 Å². The molecule has 0 radical (unpaired) electrons. The SMILES string of the molecule is COc1ccc(-c2csc(CN3CCN(C(=O)NC(C)C)CC3)n2)cc1. The van der Waals surface area contributed by atoms with Crippen LogP contribution in [0.4, 0.5) is 4.79 Å². The lowest BCUT2D eigenvalue weighted by atomic mass is 10.2. The van der Waals surface area contributed by atoms with Crippen LogP contribution in [0.5, 0.6) is 5.75 Å². The molecule has 0 unspecified atom stereocenters. The Balaban J connectivity index is 1.53. The van der Waals surface area contributed by atoms with Gasteiger partial charge in [0.05, 0.1) is 19.3 Å². The number of thiazole rings is 1. The van der Waals surface area contributed by atoms with Crippen molar-refractivity contribution in [1.82, 2.24) is 20.1 Å². The lowest BCUT2D eigenvalue weighted by Crippen LogP contribution is -2.52. The summed E-state index contributed by atoms with van der Waals surface area (Å²) in [5, 5.41) is 6.16. The number of hydrogen-bond acceptors (Lipinski definition) is 5. The van der Waals surface area contributed by atoms with E-state index in [2.05, 4.69) is 15.6 Å². The second kappa shape index (κ2) is 8.51. The number of ether oxygens (including phenoxy) is 1. The Morgan fingerprint density at radius 1 is 1.23 bits per heavy atom. The van der Waals surface area contributed by atoms with Gasteiger partial charge in [-0.15, -0.1) is 11.3 Å². The van der Waals surface area contributed by atoms with E-state index in [1.54, 1.807) is 18.4 Å². The summed E-state index contributed by atoms with van der Waals surface area (Å²) >= 11 is 1.69. The summed E-state index contributed by atoms with van der Waals surface area (Å²) in [4.78, 5) is 21.1. The van der Waals surface area contributed by atoms with Crippen molar-refractivity contribution in [3.63, 3.8) is 0 Å². The number of benzene rings is 1. The molecule has 0 aliphatic carbocycles. The van der Waals surface area contributed by atoms with Crippen molar-refractivity contribution < 1.29 is 9.53 Å². The van der Waals surface area contributed by atoms with E-state index >= 15 is 0 Å². The zero-order valence-corrected chi connectivity index (χ0v) is 16.4. The Hall–Kier alpha value is -2.12. The fourth-order valence-electron chi connectivity index (χ4n) is 2.92. The average Bonchev–Trinajstić information content (AvgIpc) is 3.10. The summed E-state index contributed by atoms with van der Waals surface area (Å²) in [6.07, 6.45) is 0. The molecule has 0 saturated carbocycles. The standard InChI is InChI=1S/C19H26N4O2S/c1-14(2)20-19(24)23-10-8-22(9-11-23)12-18-21-17(13-26-18)15-4-6-16(25-3)7-5-15/h4-7,13-14H,8-12H2,1-3H3,(H,20,24). The number of hydrogen-bond donors (Lipinski definition) is 1. The Morgan fingerprint density at radius 3 is 2.54 bits per heavy atom. The molecule has 1 aliphatic heterocycles. The average molecular weight is 375 g/mol. The van der Waals surface area contributed by atoms with Crippen LogP contribution >= 0.6 is 11.3 Å². The number of nitrogens with zero attached hydrogens (tertiary/aromatic N) is 3. The van der Waals surface area contributed by atoms with Gasteiger partial charge in [0.2, 0.25) is 0 Å². The molecular formula is C19H26N4O2S. The number of rotatable bonds is 5. The molecule has 26 heavy (non-hydrogen) atoms. The van der Waals surface area contributed by atoms with Crippen molar-refractivity contribution in [2.45, 2.75) is 26.4 Å². The highest BCUT2D eigenvalue weighted by atomic mass is 32.1. The number of urea groups is 1. The largest absolute Gasteiger partial charge is 0.497 e. The first-order chi connectivity index (χ1) is 12.5. The van der Waals surface area contributed by atoms with Crippen molar-refractivity contribution in [3.05, 3.63) is 34.7 Å². The molecule has 1 N–H and O–H groups in total. The first kappa shape index (κ1) is 18.7. The normalized spacial score (nSPS) is 15.3. The van der Waals surface area contributed by atoms with Gasteiger partial charge in [0.1, 0.15) is 10.8 Å². The van der Waals surface area contributed by atoms with E-state index < -0.39 is 0 Å². The number of piperazine rings is 1. The summed E-state index contributed by atoms with van der Waals surface area (Å²) < 4.78 is 5.20. The summed E-state index contributed by atoms with van der Waals surface area (Å²) in [5.74, 6) is 0.851. The van der Waals surface area contributed by atoms with Crippen molar-refractivity contribution in [2.75, 3.05) is 33.3 Å². The molecule has 2 amide bonds.